The number of methoxy groups -OCH3 is 1. The summed E-state index contributed by atoms with van der Waals surface area (Å²) in [5.74, 6) is 2.06. The molecule has 4 aromatic rings. The molecule has 1 fully saturated rings. The largest absolute Gasteiger partial charge is 0.495 e. The van der Waals surface area contributed by atoms with Crippen LogP contribution in [0.3, 0.4) is 0 Å². The van der Waals surface area contributed by atoms with Crippen molar-refractivity contribution < 1.29 is 14.3 Å². The van der Waals surface area contributed by atoms with E-state index in [2.05, 4.69) is 15.5 Å². The standard InChI is InChI=1S/C25H25ClN6O3S/c1-34-18-5-4-14(11-16(18)26)12-27-23-21-15-7-9-32(25(33)19-3-2-10-35-19)13-20(15)36-24(21)30-22(29-23)17-6-8-28-31-17/h4-6,8,11,19H,2-3,7,9-10,12-13H2,1H3,(H,28,31)(H,27,29,30). The molecule has 1 saturated heterocycles. The number of hydrogen-bond donors (Lipinski definition) is 2. The number of nitrogens with zero attached hydrogens (tertiary/aromatic N) is 4. The van der Waals surface area contributed by atoms with E-state index in [0.717, 1.165) is 51.4 Å². The molecule has 3 aromatic heterocycles. The molecule has 1 unspecified atom stereocenters. The molecule has 1 amide bonds. The Morgan fingerprint density at radius 2 is 2.28 bits per heavy atom. The molecule has 186 valence electrons. The van der Waals surface area contributed by atoms with Crippen molar-refractivity contribution >= 4 is 44.9 Å². The second kappa shape index (κ2) is 9.68. The van der Waals surface area contributed by atoms with Gasteiger partial charge in [-0.2, -0.15) is 5.10 Å². The van der Waals surface area contributed by atoms with Crippen molar-refractivity contribution in [2.75, 3.05) is 25.6 Å². The quantitative estimate of drug-likeness (QED) is 0.384. The van der Waals surface area contributed by atoms with Crippen LogP contribution >= 0.6 is 22.9 Å². The minimum Gasteiger partial charge on any atom is -0.495 e. The maximum Gasteiger partial charge on any atom is 0.252 e. The van der Waals surface area contributed by atoms with Crippen molar-refractivity contribution in [2.24, 2.45) is 0 Å². The summed E-state index contributed by atoms with van der Waals surface area (Å²) in [6, 6.07) is 7.57. The fourth-order valence-electron chi connectivity index (χ4n) is 4.79. The van der Waals surface area contributed by atoms with Gasteiger partial charge in [-0.1, -0.05) is 17.7 Å². The lowest BCUT2D eigenvalue weighted by atomic mass is 10.0. The number of fused-ring (bicyclic) bond motifs is 3. The number of thiophene rings is 1. The highest BCUT2D eigenvalue weighted by Gasteiger charge is 2.32. The van der Waals surface area contributed by atoms with E-state index >= 15 is 0 Å². The number of aromatic nitrogens is 4. The van der Waals surface area contributed by atoms with Crippen LogP contribution in [0.25, 0.3) is 21.7 Å². The molecule has 2 N–H and O–H groups in total. The summed E-state index contributed by atoms with van der Waals surface area (Å²) in [6.07, 6.45) is 3.88. The van der Waals surface area contributed by atoms with Gasteiger partial charge >= 0.3 is 0 Å². The van der Waals surface area contributed by atoms with Gasteiger partial charge in [-0.25, -0.2) is 9.97 Å². The number of ether oxygens (including phenoxy) is 2. The summed E-state index contributed by atoms with van der Waals surface area (Å²) in [6.45, 7) is 2.43. The van der Waals surface area contributed by atoms with Gasteiger partial charge in [0.1, 0.15) is 28.2 Å². The van der Waals surface area contributed by atoms with Crippen LogP contribution in [0.4, 0.5) is 5.82 Å². The second-order valence-electron chi connectivity index (χ2n) is 8.88. The van der Waals surface area contributed by atoms with Crippen molar-refractivity contribution in [3.05, 3.63) is 51.5 Å². The topological polar surface area (TPSA) is 105 Å². The van der Waals surface area contributed by atoms with Crippen LogP contribution in [0.15, 0.2) is 30.5 Å². The Hall–Kier alpha value is -3.21. The van der Waals surface area contributed by atoms with Crippen molar-refractivity contribution in [1.82, 2.24) is 25.1 Å². The van der Waals surface area contributed by atoms with E-state index in [1.54, 1.807) is 24.6 Å². The first-order chi connectivity index (χ1) is 17.6. The molecule has 36 heavy (non-hydrogen) atoms. The Labute approximate surface area is 216 Å². The van der Waals surface area contributed by atoms with E-state index in [4.69, 9.17) is 31.0 Å². The fourth-order valence-corrected chi connectivity index (χ4v) is 6.31. The number of carbonyl (C=O) groups is 1. The Kier molecular flexibility index (Phi) is 6.24. The molecular formula is C25H25ClN6O3S. The maximum atomic E-state index is 13.0. The molecule has 0 radical (unpaired) electrons. The Morgan fingerprint density at radius 1 is 1.36 bits per heavy atom. The van der Waals surface area contributed by atoms with Gasteiger partial charge in [0, 0.05) is 30.8 Å². The first-order valence-electron chi connectivity index (χ1n) is 11.9. The molecule has 6 rings (SSSR count). The van der Waals surface area contributed by atoms with Gasteiger partial charge < -0.3 is 19.7 Å². The van der Waals surface area contributed by atoms with Crippen molar-refractivity contribution in [3.63, 3.8) is 0 Å². The highest BCUT2D eigenvalue weighted by molar-refractivity contribution is 7.19. The van der Waals surface area contributed by atoms with E-state index in [0.29, 0.717) is 42.8 Å². The molecule has 2 aliphatic rings. The van der Waals surface area contributed by atoms with Crippen molar-refractivity contribution in [1.29, 1.82) is 0 Å². The summed E-state index contributed by atoms with van der Waals surface area (Å²) in [5, 5.41) is 12.1. The van der Waals surface area contributed by atoms with Crippen LogP contribution in [0.1, 0.15) is 28.8 Å². The SMILES string of the molecule is COc1ccc(CNc2nc(-c3ccn[nH]3)nc3sc4c(c23)CCN(C(=O)C2CCCO2)C4)cc1Cl. The number of H-pyrrole nitrogens is 1. The minimum atomic E-state index is -0.304. The lowest BCUT2D eigenvalue weighted by molar-refractivity contribution is -0.141. The number of carbonyl (C=O) groups excluding carboxylic acids is 1. The summed E-state index contributed by atoms with van der Waals surface area (Å²) in [7, 11) is 1.60. The lowest BCUT2D eigenvalue weighted by Crippen LogP contribution is -2.41. The van der Waals surface area contributed by atoms with Gasteiger partial charge in [-0.15, -0.1) is 11.3 Å². The first-order valence-corrected chi connectivity index (χ1v) is 13.1. The molecule has 11 heteroatoms. The number of nitrogens with one attached hydrogen (secondary N) is 2. The number of hydrogen-bond acceptors (Lipinski definition) is 8. The Bertz CT molecular complexity index is 1420. The molecule has 5 heterocycles. The molecule has 1 atom stereocenters. The normalized spacial score (nSPS) is 17.4. The molecule has 0 bridgehead atoms. The highest BCUT2D eigenvalue weighted by Crippen LogP contribution is 2.39. The van der Waals surface area contributed by atoms with Gasteiger partial charge in [0.15, 0.2) is 5.82 Å². The van der Waals surface area contributed by atoms with E-state index in [1.165, 1.54) is 5.56 Å². The van der Waals surface area contributed by atoms with Crippen LogP contribution in [0.5, 0.6) is 5.75 Å². The van der Waals surface area contributed by atoms with Crippen LogP contribution in [0, 0.1) is 0 Å². The monoisotopic (exact) mass is 524 g/mol. The van der Waals surface area contributed by atoms with Gasteiger partial charge in [0.2, 0.25) is 0 Å². The average Bonchev–Trinajstić information content (AvgIpc) is 3.67. The number of anilines is 1. The maximum absolute atomic E-state index is 13.0. The third-order valence-electron chi connectivity index (χ3n) is 6.63. The number of amides is 1. The second-order valence-corrected chi connectivity index (χ2v) is 10.4. The van der Waals surface area contributed by atoms with Crippen molar-refractivity contribution in [2.45, 2.75) is 38.5 Å². The average molecular weight is 525 g/mol. The third kappa shape index (κ3) is 4.29. The van der Waals surface area contributed by atoms with E-state index in [1.807, 2.05) is 29.2 Å². The zero-order valence-electron chi connectivity index (χ0n) is 19.7. The zero-order chi connectivity index (χ0) is 24.6. The predicted molar refractivity (Wildman–Crippen MR) is 138 cm³/mol. The van der Waals surface area contributed by atoms with Crippen LogP contribution in [0.2, 0.25) is 5.02 Å². The molecule has 9 nitrogen and oxygen atoms in total. The summed E-state index contributed by atoms with van der Waals surface area (Å²) < 4.78 is 10.9. The van der Waals surface area contributed by atoms with Crippen molar-refractivity contribution in [3.8, 4) is 17.3 Å². The number of aromatic amines is 1. The molecule has 0 spiro atoms. The molecule has 0 saturated carbocycles. The Morgan fingerprint density at radius 3 is 3.03 bits per heavy atom. The van der Waals surface area contributed by atoms with Crippen LogP contribution in [-0.4, -0.2) is 57.3 Å². The van der Waals surface area contributed by atoms with Crippen LogP contribution < -0.4 is 10.1 Å². The summed E-state index contributed by atoms with van der Waals surface area (Å²) >= 11 is 7.95. The lowest BCUT2D eigenvalue weighted by Gasteiger charge is -2.29. The summed E-state index contributed by atoms with van der Waals surface area (Å²) in [4.78, 5) is 26.6. The van der Waals surface area contributed by atoms with Gasteiger partial charge in [-0.3, -0.25) is 9.89 Å². The molecule has 2 aliphatic heterocycles. The predicted octanol–water partition coefficient (Wildman–Crippen LogP) is 4.42. The minimum absolute atomic E-state index is 0.0922. The Balaban J connectivity index is 1.34. The van der Waals surface area contributed by atoms with Gasteiger partial charge in [0.25, 0.3) is 5.91 Å². The third-order valence-corrected chi connectivity index (χ3v) is 8.04. The number of halogens is 1. The molecular weight excluding hydrogens is 500 g/mol. The number of rotatable bonds is 6. The summed E-state index contributed by atoms with van der Waals surface area (Å²) in [5.41, 5.74) is 2.96. The van der Waals surface area contributed by atoms with Gasteiger partial charge in [-0.05, 0) is 48.6 Å². The molecule has 1 aromatic carbocycles. The molecule has 0 aliphatic carbocycles. The van der Waals surface area contributed by atoms with Gasteiger partial charge in [0.05, 0.1) is 24.1 Å². The first kappa shape index (κ1) is 23.2. The van der Waals surface area contributed by atoms with Crippen LogP contribution in [-0.2, 0) is 29.0 Å². The van der Waals surface area contributed by atoms with E-state index < -0.39 is 0 Å². The van der Waals surface area contributed by atoms with E-state index in [-0.39, 0.29) is 12.0 Å². The smallest absolute Gasteiger partial charge is 0.252 e. The van der Waals surface area contributed by atoms with E-state index in [9.17, 15) is 4.79 Å². The number of benzene rings is 1. The fraction of sp³-hybridized carbons (Fsp3) is 0.360. The highest BCUT2D eigenvalue weighted by atomic mass is 35.5. The zero-order valence-corrected chi connectivity index (χ0v) is 21.3.